The van der Waals surface area contributed by atoms with Gasteiger partial charge in [-0.25, -0.2) is 4.79 Å². The largest absolute Gasteiger partial charge is 0.478 e. The van der Waals surface area contributed by atoms with Crippen LogP contribution in [0.4, 0.5) is 0 Å². The van der Waals surface area contributed by atoms with E-state index >= 15 is 0 Å². The summed E-state index contributed by atoms with van der Waals surface area (Å²) >= 11 is 5.75. The van der Waals surface area contributed by atoms with E-state index in [1.807, 2.05) is 6.07 Å². The first-order chi connectivity index (χ1) is 9.10. The lowest BCUT2D eigenvalue weighted by molar-refractivity contribution is 0.0694. The Morgan fingerprint density at radius 3 is 2.74 bits per heavy atom. The molecule has 19 heavy (non-hydrogen) atoms. The van der Waals surface area contributed by atoms with Crippen molar-refractivity contribution in [3.8, 4) is 17.6 Å². The van der Waals surface area contributed by atoms with Crippen molar-refractivity contribution in [2.45, 2.75) is 0 Å². The van der Waals surface area contributed by atoms with Gasteiger partial charge in [-0.15, -0.1) is 0 Å². The summed E-state index contributed by atoms with van der Waals surface area (Å²) in [6.07, 6.45) is 0. The lowest BCUT2D eigenvalue weighted by Crippen LogP contribution is -2.00. The van der Waals surface area contributed by atoms with Crippen LogP contribution in [0.2, 0.25) is 5.02 Å². The Hall–Kier alpha value is -2.51. The lowest BCUT2D eigenvalue weighted by Gasteiger charge is -2.09. The van der Waals surface area contributed by atoms with Crippen LogP contribution in [0.25, 0.3) is 0 Å². The minimum Gasteiger partial charge on any atom is -0.478 e. The third kappa shape index (κ3) is 3.03. The highest BCUT2D eigenvalue weighted by atomic mass is 35.5. The summed E-state index contributed by atoms with van der Waals surface area (Å²) in [7, 11) is 0. The number of carboxylic acids is 1. The first kappa shape index (κ1) is 12.9. The molecule has 0 atom stereocenters. The molecule has 0 heterocycles. The van der Waals surface area contributed by atoms with Gasteiger partial charge in [-0.05, 0) is 36.4 Å². The van der Waals surface area contributed by atoms with Crippen molar-refractivity contribution in [2.75, 3.05) is 0 Å². The van der Waals surface area contributed by atoms with E-state index in [1.165, 1.54) is 24.3 Å². The van der Waals surface area contributed by atoms with Gasteiger partial charge in [-0.3, -0.25) is 0 Å². The molecule has 0 bridgehead atoms. The van der Waals surface area contributed by atoms with Crippen LogP contribution < -0.4 is 4.74 Å². The number of hydrogen-bond donors (Lipinski definition) is 1. The highest BCUT2D eigenvalue weighted by Crippen LogP contribution is 2.28. The molecule has 0 aliphatic heterocycles. The zero-order valence-electron chi connectivity index (χ0n) is 9.63. The SMILES string of the molecule is N#Cc1cccc(Oc2ccc(Cl)cc2C(=O)O)c1. The van der Waals surface area contributed by atoms with Gasteiger partial charge in [-0.1, -0.05) is 17.7 Å². The van der Waals surface area contributed by atoms with Gasteiger partial charge in [0.15, 0.2) is 0 Å². The minimum atomic E-state index is -1.13. The number of nitriles is 1. The number of carboxylic acid groups (broad SMARTS) is 1. The second kappa shape index (κ2) is 5.42. The molecule has 0 fully saturated rings. The van der Waals surface area contributed by atoms with Crippen molar-refractivity contribution in [3.63, 3.8) is 0 Å². The second-order valence-corrected chi connectivity index (χ2v) is 4.12. The average molecular weight is 274 g/mol. The normalized spacial score (nSPS) is 9.68. The van der Waals surface area contributed by atoms with Gasteiger partial charge < -0.3 is 9.84 Å². The van der Waals surface area contributed by atoms with E-state index in [0.717, 1.165) is 0 Å². The molecular formula is C14H8ClNO3. The van der Waals surface area contributed by atoms with E-state index in [0.29, 0.717) is 16.3 Å². The number of ether oxygens (including phenoxy) is 1. The molecule has 0 spiro atoms. The van der Waals surface area contributed by atoms with Gasteiger partial charge in [-0.2, -0.15) is 5.26 Å². The number of hydrogen-bond acceptors (Lipinski definition) is 3. The van der Waals surface area contributed by atoms with Crippen molar-refractivity contribution in [3.05, 3.63) is 58.6 Å². The zero-order valence-corrected chi connectivity index (χ0v) is 10.4. The maximum atomic E-state index is 11.1. The van der Waals surface area contributed by atoms with E-state index in [1.54, 1.807) is 18.2 Å². The maximum Gasteiger partial charge on any atom is 0.339 e. The number of rotatable bonds is 3. The zero-order chi connectivity index (χ0) is 13.8. The van der Waals surface area contributed by atoms with Crippen molar-refractivity contribution in [2.24, 2.45) is 0 Å². The summed E-state index contributed by atoms with van der Waals surface area (Å²) in [5.41, 5.74) is 0.401. The molecule has 94 valence electrons. The molecule has 0 saturated heterocycles. The van der Waals surface area contributed by atoms with Crippen LogP contribution in [0.5, 0.6) is 11.5 Å². The summed E-state index contributed by atoms with van der Waals surface area (Å²) in [6, 6.07) is 12.8. The van der Waals surface area contributed by atoms with E-state index in [9.17, 15) is 4.79 Å². The van der Waals surface area contributed by atoms with Gasteiger partial charge in [0.1, 0.15) is 17.1 Å². The Kier molecular flexibility index (Phi) is 3.69. The first-order valence-corrected chi connectivity index (χ1v) is 5.69. The highest BCUT2D eigenvalue weighted by Gasteiger charge is 2.12. The molecule has 2 rings (SSSR count). The molecule has 0 aliphatic rings. The Bertz CT molecular complexity index is 677. The van der Waals surface area contributed by atoms with Gasteiger partial charge >= 0.3 is 5.97 Å². The fraction of sp³-hybridized carbons (Fsp3) is 0. The van der Waals surface area contributed by atoms with Crippen molar-refractivity contribution in [1.82, 2.24) is 0 Å². The van der Waals surface area contributed by atoms with Crippen LogP contribution in [-0.4, -0.2) is 11.1 Å². The summed E-state index contributed by atoms with van der Waals surface area (Å²) in [4.78, 5) is 11.1. The van der Waals surface area contributed by atoms with Gasteiger partial charge in [0, 0.05) is 5.02 Å². The highest BCUT2D eigenvalue weighted by molar-refractivity contribution is 6.31. The van der Waals surface area contributed by atoms with Crippen LogP contribution in [0.15, 0.2) is 42.5 Å². The van der Waals surface area contributed by atoms with E-state index in [-0.39, 0.29) is 11.3 Å². The van der Waals surface area contributed by atoms with Crippen molar-refractivity contribution in [1.29, 1.82) is 5.26 Å². The Morgan fingerprint density at radius 1 is 1.26 bits per heavy atom. The topological polar surface area (TPSA) is 70.3 Å². The summed E-state index contributed by atoms with van der Waals surface area (Å²) in [5.74, 6) is -0.565. The summed E-state index contributed by atoms with van der Waals surface area (Å²) in [6.45, 7) is 0. The van der Waals surface area contributed by atoms with Crippen LogP contribution in [0.3, 0.4) is 0 Å². The third-order valence-electron chi connectivity index (χ3n) is 2.36. The second-order valence-electron chi connectivity index (χ2n) is 3.69. The molecule has 0 aliphatic carbocycles. The van der Waals surface area contributed by atoms with Gasteiger partial charge in [0.25, 0.3) is 0 Å². The Labute approximate surface area is 114 Å². The number of carbonyl (C=O) groups is 1. The van der Waals surface area contributed by atoms with E-state index in [4.69, 9.17) is 26.7 Å². The molecule has 4 nitrogen and oxygen atoms in total. The fourth-order valence-corrected chi connectivity index (χ4v) is 1.69. The summed E-state index contributed by atoms with van der Waals surface area (Å²) < 4.78 is 5.48. The summed E-state index contributed by atoms with van der Waals surface area (Å²) in [5, 5.41) is 18.2. The minimum absolute atomic E-state index is 0.0325. The number of aromatic carboxylic acids is 1. The predicted molar refractivity (Wildman–Crippen MR) is 69.6 cm³/mol. The monoisotopic (exact) mass is 273 g/mol. The van der Waals surface area contributed by atoms with Gasteiger partial charge in [0.05, 0.1) is 11.6 Å². The average Bonchev–Trinajstić information content (AvgIpc) is 2.41. The number of nitrogens with zero attached hydrogens (tertiary/aromatic N) is 1. The molecule has 0 amide bonds. The molecule has 0 saturated carbocycles. The van der Waals surface area contributed by atoms with E-state index in [2.05, 4.69) is 0 Å². The quantitative estimate of drug-likeness (QED) is 0.925. The molecular weight excluding hydrogens is 266 g/mol. The van der Waals surface area contributed by atoms with Crippen molar-refractivity contribution < 1.29 is 14.6 Å². The van der Waals surface area contributed by atoms with Crippen LogP contribution >= 0.6 is 11.6 Å². The number of benzene rings is 2. The molecule has 0 radical (unpaired) electrons. The van der Waals surface area contributed by atoms with Crippen molar-refractivity contribution >= 4 is 17.6 Å². The molecule has 0 unspecified atom stereocenters. The van der Waals surface area contributed by atoms with Crippen LogP contribution in [0, 0.1) is 11.3 Å². The molecule has 1 N–H and O–H groups in total. The number of halogens is 1. The van der Waals surface area contributed by atoms with E-state index < -0.39 is 5.97 Å². The molecule has 2 aromatic carbocycles. The maximum absolute atomic E-state index is 11.1. The third-order valence-corrected chi connectivity index (χ3v) is 2.60. The molecule has 5 heteroatoms. The molecule has 0 aromatic heterocycles. The lowest BCUT2D eigenvalue weighted by atomic mass is 10.2. The fourth-order valence-electron chi connectivity index (χ4n) is 1.51. The Balaban J connectivity index is 2.38. The smallest absolute Gasteiger partial charge is 0.339 e. The predicted octanol–water partition coefficient (Wildman–Crippen LogP) is 3.70. The standard InChI is InChI=1S/C14H8ClNO3/c15-10-4-5-13(12(7-10)14(17)18)19-11-3-1-2-9(6-11)8-16/h1-7H,(H,17,18). The van der Waals surface area contributed by atoms with Gasteiger partial charge in [0.2, 0.25) is 0 Å². The Morgan fingerprint density at radius 2 is 2.05 bits per heavy atom. The first-order valence-electron chi connectivity index (χ1n) is 5.31. The van der Waals surface area contributed by atoms with Crippen LogP contribution in [-0.2, 0) is 0 Å². The van der Waals surface area contributed by atoms with Crippen LogP contribution in [0.1, 0.15) is 15.9 Å². The molecule has 2 aromatic rings.